The van der Waals surface area contributed by atoms with Gasteiger partial charge in [-0.15, -0.1) is 0 Å². The standard InChI is InChI=1S/C25H33N3O3/c1-25(2,3)20-9-11-21(12-10-20)27-24(30)26-17-19-13-15-28(16-14-19)23(29)18-31-22-7-5-4-6-8-22/h4-12,19H,13-18H2,1-3H3,(H2,26,27,30). The summed E-state index contributed by atoms with van der Waals surface area (Å²) in [4.78, 5) is 26.4. The fraction of sp³-hybridized carbons (Fsp3) is 0.440. The second-order valence-corrected chi connectivity index (χ2v) is 9.09. The number of ether oxygens (including phenoxy) is 1. The van der Waals surface area contributed by atoms with Gasteiger partial charge in [-0.1, -0.05) is 51.1 Å². The summed E-state index contributed by atoms with van der Waals surface area (Å²) in [5.41, 5.74) is 2.10. The van der Waals surface area contributed by atoms with Gasteiger partial charge in [0.05, 0.1) is 0 Å². The number of carbonyl (C=O) groups is 2. The minimum atomic E-state index is -0.196. The van der Waals surface area contributed by atoms with Crippen LogP contribution in [0.25, 0.3) is 0 Å². The Morgan fingerprint density at radius 2 is 1.65 bits per heavy atom. The van der Waals surface area contributed by atoms with Gasteiger partial charge >= 0.3 is 6.03 Å². The summed E-state index contributed by atoms with van der Waals surface area (Å²) in [6.45, 7) is 8.54. The molecule has 0 atom stereocenters. The number of nitrogens with one attached hydrogen (secondary N) is 2. The monoisotopic (exact) mass is 423 g/mol. The molecule has 6 nitrogen and oxygen atoms in total. The molecule has 1 saturated heterocycles. The van der Waals surface area contributed by atoms with E-state index in [1.54, 1.807) is 0 Å². The van der Waals surface area contributed by atoms with Crippen molar-refractivity contribution in [2.24, 2.45) is 5.92 Å². The second kappa shape index (κ2) is 10.3. The van der Waals surface area contributed by atoms with Crippen molar-refractivity contribution in [2.75, 3.05) is 31.6 Å². The number of rotatable bonds is 6. The third kappa shape index (κ3) is 7.02. The molecule has 2 aromatic rings. The minimum absolute atomic E-state index is 0.00621. The molecule has 0 saturated carbocycles. The van der Waals surface area contributed by atoms with E-state index in [1.165, 1.54) is 5.56 Å². The maximum atomic E-state index is 12.4. The van der Waals surface area contributed by atoms with Crippen molar-refractivity contribution in [3.63, 3.8) is 0 Å². The van der Waals surface area contributed by atoms with Gasteiger partial charge in [0.25, 0.3) is 5.91 Å². The third-order valence-electron chi connectivity index (χ3n) is 5.63. The predicted octanol–water partition coefficient (Wildman–Crippen LogP) is 4.42. The second-order valence-electron chi connectivity index (χ2n) is 9.09. The van der Waals surface area contributed by atoms with Crippen LogP contribution in [0.2, 0.25) is 0 Å². The highest BCUT2D eigenvalue weighted by atomic mass is 16.5. The van der Waals surface area contributed by atoms with Crippen LogP contribution in [0.3, 0.4) is 0 Å². The lowest BCUT2D eigenvalue weighted by molar-refractivity contribution is -0.134. The van der Waals surface area contributed by atoms with Crippen molar-refractivity contribution in [1.82, 2.24) is 10.2 Å². The normalized spacial score (nSPS) is 14.7. The molecule has 1 aliphatic rings. The zero-order valence-corrected chi connectivity index (χ0v) is 18.7. The zero-order chi connectivity index (χ0) is 22.3. The summed E-state index contributed by atoms with van der Waals surface area (Å²) in [6.07, 6.45) is 1.75. The molecule has 0 radical (unpaired) electrons. The number of carbonyl (C=O) groups excluding carboxylic acids is 2. The summed E-state index contributed by atoms with van der Waals surface area (Å²) >= 11 is 0. The van der Waals surface area contributed by atoms with Gasteiger partial charge in [-0.2, -0.15) is 0 Å². The fourth-order valence-electron chi connectivity index (χ4n) is 3.61. The van der Waals surface area contributed by atoms with Gasteiger partial charge in [0.1, 0.15) is 5.75 Å². The molecule has 0 aliphatic carbocycles. The van der Waals surface area contributed by atoms with E-state index >= 15 is 0 Å². The van der Waals surface area contributed by atoms with Gasteiger partial charge < -0.3 is 20.3 Å². The van der Waals surface area contributed by atoms with Crippen LogP contribution in [0.4, 0.5) is 10.5 Å². The summed E-state index contributed by atoms with van der Waals surface area (Å²) in [5, 5.41) is 5.85. The molecule has 3 amide bonds. The number of nitrogens with zero attached hydrogens (tertiary/aromatic N) is 1. The average Bonchev–Trinajstić information content (AvgIpc) is 2.77. The van der Waals surface area contributed by atoms with Gasteiger partial charge in [-0.3, -0.25) is 4.79 Å². The number of piperidine rings is 1. The first kappa shape index (κ1) is 22.7. The molecular formula is C25H33N3O3. The molecule has 1 fully saturated rings. The molecule has 3 rings (SSSR count). The van der Waals surface area contributed by atoms with Crippen LogP contribution in [-0.4, -0.2) is 43.1 Å². The number of anilines is 1. The number of likely N-dealkylation sites (tertiary alicyclic amines) is 1. The molecule has 0 spiro atoms. The first-order valence-electron chi connectivity index (χ1n) is 10.9. The molecule has 2 N–H and O–H groups in total. The first-order valence-corrected chi connectivity index (χ1v) is 10.9. The van der Waals surface area contributed by atoms with Gasteiger partial charge in [0, 0.05) is 25.3 Å². The van der Waals surface area contributed by atoms with Gasteiger partial charge in [-0.25, -0.2) is 4.79 Å². The number of para-hydroxylation sites is 1. The molecule has 31 heavy (non-hydrogen) atoms. The topological polar surface area (TPSA) is 70.7 Å². The molecule has 0 aromatic heterocycles. The molecule has 1 heterocycles. The van der Waals surface area contributed by atoms with Crippen molar-refractivity contribution >= 4 is 17.6 Å². The Labute approximate surface area is 185 Å². The van der Waals surface area contributed by atoms with Crippen LogP contribution in [0.5, 0.6) is 5.75 Å². The lowest BCUT2D eigenvalue weighted by atomic mass is 9.87. The van der Waals surface area contributed by atoms with Crippen molar-refractivity contribution in [3.05, 3.63) is 60.2 Å². The van der Waals surface area contributed by atoms with Crippen LogP contribution < -0.4 is 15.4 Å². The SMILES string of the molecule is CC(C)(C)c1ccc(NC(=O)NCC2CCN(C(=O)COc3ccccc3)CC2)cc1. The maximum Gasteiger partial charge on any atom is 0.319 e. The number of urea groups is 1. The van der Waals surface area contributed by atoms with Crippen LogP contribution in [0.1, 0.15) is 39.2 Å². The van der Waals surface area contributed by atoms with Crippen LogP contribution in [0.15, 0.2) is 54.6 Å². The summed E-state index contributed by atoms with van der Waals surface area (Å²) in [6, 6.07) is 17.1. The molecular weight excluding hydrogens is 390 g/mol. The van der Waals surface area contributed by atoms with Gasteiger partial charge in [0.15, 0.2) is 6.61 Å². The van der Waals surface area contributed by atoms with E-state index in [9.17, 15) is 9.59 Å². The Morgan fingerprint density at radius 3 is 2.26 bits per heavy atom. The quantitative estimate of drug-likeness (QED) is 0.722. The first-order chi connectivity index (χ1) is 14.8. The van der Waals surface area contributed by atoms with Crippen molar-refractivity contribution < 1.29 is 14.3 Å². The van der Waals surface area contributed by atoms with E-state index in [4.69, 9.17) is 4.74 Å². The number of amides is 3. The highest BCUT2D eigenvalue weighted by Crippen LogP contribution is 2.23. The average molecular weight is 424 g/mol. The molecule has 166 valence electrons. The fourth-order valence-corrected chi connectivity index (χ4v) is 3.61. The molecule has 6 heteroatoms. The van der Waals surface area contributed by atoms with Crippen molar-refractivity contribution in [1.29, 1.82) is 0 Å². The summed E-state index contributed by atoms with van der Waals surface area (Å²) < 4.78 is 5.55. The maximum absolute atomic E-state index is 12.4. The number of hydrogen-bond donors (Lipinski definition) is 2. The van der Waals surface area contributed by atoms with Crippen LogP contribution >= 0.6 is 0 Å². The molecule has 0 unspecified atom stereocenters. The molecule has 1 aliphatic heterocycles. The summed E-state index contributed by atoms with van der Waals surface area (Å²) in [7, 11) is 0. The summed E-state index contributed by atoms with van der Waals surface area (Å²) in [5.74, 6) is 1.08. The number of hydrogen-bond acceptors (Lipinski definition) is 3. The van der Waals surface area contributed by atoms with E-state index in [1.807, 2.05) is 59.5 Å². The third-order valence-corrected chi connectivity index (χ3v) is 5.63. The Morgan fingerprint density at radius 1 is 1.00 bits per heavy atom. The van der Waals surface area contributed by atoms with Gasteiger partial charge in [-0.05, 0) is 54.0 Å². The van der Waals surface area contributed by atoms with E-state index in [-0.39, 0.29) is 24.0 Å². The van der Waals surface area contributed by atoms with Crippen LogP contribution in [-0.2, 0) is 10.2 Å². The van der Waals surface area contributed by atoms with E-state index in [0.717, 1.165) is 18.5 Å². The smallest absolute Gasteiger partial charge is 0.319 e. The minimum Gasteiger partial charge on any atom is -0.484 e. The predicted molar refractivity (Wildman–Crippen MR) is 123 cm³/mol. The Balaban J connectivity index is 1.35. The van der Waals surface area contributed by atoms with Crippen molar-refractivity contribution in [3.8, 4) is 5.75 Å². The Bertz CT molecular complexity index is 852. The molecule has 2 aromatic carbocycles. The van der Waals surface area contributed by atoms with E-state index < -0.39 is 0 Å². The lowest BCUT2D eigenvalue weighted by Gasteiger charge is -2.32. The van der Waals surface area contributed by atoms with E-state index in [0.29, 0.717) is 31.3 Å². The molecule has 0 bridgehead atoms. The van der Waals surface area contributed by atoms with Crippen molar-refractivity contribution in [2.45, 2.75) is 39.0 Å². The Hall–Kier alpha value is -3.02. The van der Waals surface area contributed by atoms with Crippen LogP contribution in [0, 0.1) is 5.92 Å². The van der Waals surface area contributed by atoms with E-state index in [2.05, 4.69) is 31.4 Å². The largest absolute Gasteiger partial charge is 0.484 e. The van der Waals surface area contributed by atoms with Gasteiger partial charge in [0.2, 0.25) is 0 Å². The lowest BCUT2D eigenvalue weighted by Crippen LogP contribution is -2.43. The highest BCUT2D eigenvalue weighted by molar-refractivity contribution is 5.89. The zero-order valence-electron chi connectivity index (χ0n) is 18.7. The Kier molecular flexibility index (Phi) is 7.55. The highest BCUT2D eigenvalue weighted by Gasteiger charge is 2.23. The number of benzene rings is 2.